The van der Waals surface area contributed by atoms with Crippen LogP contribution in [0.25, 0.3) is 17.1 Å². The van der Waals surface area contributed by atoms with Gasteiger partial charge in [0.2, 0.25) is 0 Å². The predicted molar refractivity (Wildman–Crippen MR) is 135 cm³/mol. The average Bonchev–Trinajstić information content (AvgIpc) is 2.80. The van der Waals surface area contributed by atoms with Crippen LogP contribution >= 0.6 is 15.9 Å². The maximum Gasteiger partial charge on any atom is 0.273 e. The lowest BCUT2D eigenvalue weighted by molar-refractivity contribution is 0.298. The zero-order chi connectivity index (χ0) is 24.5. The van der Waals surface area contributed by atoms with Gasteiger partial charge in [-0.05, 0) is 60.1 Å². The fraction of sp³-hybridized carbons (Fsp3) is 0.269. The molecule has 174 valence electrons. The minimum Gasteiger partial charge on any atom is -0.486 e. The molecule has 0 unspecified atom stereocenters. The van der Waals surface area contributed by atoms with Crippen molar-refractivity contribution in [2.24, 2.45) is 0 Å². The van der Waals surface area contributed by atoms with Crippen molar-refractivity contribution >= 4 is 15.9 Å². The second-order valence-corrected chi connectivity index (χ2v) is 9.87. The molecule has 0 aliphatic heterocycles. The van der Waals surface area contributed by atoms with Crippen molar-refractivity contribution in [3.8, 4) is 22.8 Å². The molecule has 4 heterocycles. The number of ether oxygens (including phenoxy) is 1. The van der Waals surface area contributed by atoms with Gasteiger partial charge in [-0.1, -0.05) is 26.8 Å². The van der Waals surface area contributed by atoms with Gasteiger partial charge in [-0.25, -0.2) is 9.97 Å². The number of hydrogen-bond acceptors (Lipinski definition) is 6. The summed E-state index contributed by atoms with van der Waals surface area (Å²) in [5.74, 6) is 1.21. The van der Waals surface area contributed by atoms with Gasteiger partial charge in [-0.2, -0.15) is 0 Å². The minimum absolute atomic E-state index is 0.185. The first-order valence-electron chi connectivity index (χ1n) is 10.9. The number of halogens is 1. The van der Waals surface area contributed by atoms with Crippen LogP contribution in [0.15, 0.2) is 64.1 Å². The van der Waals surface area contributed by atoms with E-state index >= 15 is 0 Å². The molecular weight excluding hydrogens is 494 g/mol. The third-order valence-electron chi connectivity index (χ3n) is 5.21. The van der Waals surface area contributed by atoms with Crippen LogP contribution in [0, 0.1) is 13.8 Å². The van der Waals surface area contributed by atoms with E-state index in [0.29, 0.717) is 27.3 Å². The number of pyridine rings is 3. The second kappa shape index (κ2) is 9.46. The van der Waals surface area contributed by atoms with Crippen molar-refractivity contribution in [3.63, 3.8) is 0 Å². The van der Waals surface area contributed by atoms with Crippen molar-refractivity contribution in [2.75, 3.05) is 0 Å². The normalized spacial score (nSPS) is 11.5. The fourth-order valence-corrected chi connectivity index (χ4v) is 3.91. The summed E-state index contributed by atoms with van der Waals surface area (Å²) in [6, 6.07) is 13.1. The van der Waals surface area contributed by atoms with E-state index < -0.39 is 0 Å². The van der Waals surface area contributed by atoms with Gasteiger partial charge < -0.3 is 4.74 Å². The highest BCUT2D eigenvalue weighted by Gasteiger charge is 2.19. The summed E-state index contributed by atoms with van der Waals surface area (Å²) >= 11 is 3.43. The molecule has 0 aliphatic rings. The monoisotopic (exact) mass is 519 g/mol. The Morgan fingerprint density at radius 1 is 0.971 bits per heavy atom. The molecule has 0 aromatic carbocycles. The molecule has 0 saturated heterocycles. The Bertz CT molecular complexity index is 1410. The van der Waals surface area contributed by atoms with Gasteiger partial charge in [0.05, 0.1) is 22.8 Å². The zero-order valence-corrected chi connectivity index (χ0v) is 21.4. The van der Waals surface area contributed by atoms with Gasteiger partial charge in [-0.15, -0.1) is 0 Å². The first-order valence-corrected chi connectivity index (χ1v) is 11.7. The molecule has 4 aromatic rings. The topological polar surface area (TPSA) is 82.8 Å². The molecule has 0 radical (unpaired) electrons. The van der Waals surface area contributed by atoms with Gasteiger partial charge in [0.25, 0.3) is 5.56 Å². The van der Waals surface area contributed by atoms with Crippen LogP contribution in [-0.4, -0.2) is 24.5 Å². The van der Waals surface area contributed by atoms with E-state index in [4.69, 9.17) is 4.74 Å². The smallest absolute Gasteiger partial charge is 0.273 e. The zero-order valence-electron chi connectivity index (χ0n) is 19.8. The molecular formula is C26H26BrN5O2. The third kappa shape index (κ3) is 5.07. The summed E-state index contributed by atoms with van der Waals surface area (Å²) in [5, 5.41) is 0. The van der Waals surface area contributed by atoms with Gasteiger partial charge in [0.1, 0.15) is 22.7 Å². The van der Waals surface area contributed by atoms with Crippen LogP contribution < -0.4 is 10.3 Å². The summed E-state index contributed by atoms with van der Waals surface area (Å²) in [6.45, 7) is 10.3. The fourth-order valence-electron chi connectivity index (χ4n) is 3.50. The van der Waals surface area contributed by atoms with E-state index in [9.17, 15) is 4.79 Å². The molecule has 4 aromatic heterocycles. The minimum atomic E-state index is -0.220. The largest absolute Gasteiger partial charge is 0.486 e. The lowest BCUT2D eigenvalue weighted by Crippen LogP contribution is -2.22. The number of hydrogen-bond donors (Lipinski definition) is 0. The Morgan fingerprint density at radius 3 is 2.47 bits per heavy atom. The number of aryl methyl sites for hydroxylation is 2. The predicted octanol–water partition coefficient (Wildman–Crippen LogP) is 5.34. The lowest BCUT2D eigenvalue weighted by atomic mass is 9.95. The molecule has 7 nitrogen and oxygen atoms in total. The number of nitrogens with zero attached hydrogens (tertiary/aromatic N) is 5. The van der Waals surface area contributed by atoms with Crippen LogP contribution in [0.4, 0.5) is 0 Å². The number of rotatable bonds is 5. The van der Waals surface area contributed by atoms with Crippen molar-refractivity contribution < 1.29 is 4.74 Å². The highest BCUT2D eigenvalue weighted by Crippen LogP contribution is 2.26. The standard InChI is InChI=1S/C26H26BrN5O2/c1-16-7-6-8-18(30-16)15-34-22-13-17(2)32(24(33)23(22)27)19-9-11-28-21(14-19)20-10-12-29-25(31-20)26(3,4)5/h6-14H,15H2,1-5H3. The first-order chi connectivity index (χ1) is 16.1. The van der Waals surface area contributed by atoms with E-state index in [1.54, 1.807) is 23.0 Å². The molecule has 0 aliphatic carbocycles. The molecule has 4 rings (SSSR count). The second-order valence-electron chi connectivity index (χ2n) is 9.08. The Labute approximate surface area is 207 Å². The van der Waals surface area contributed by atoms with Crippen molar-refractivity contribution in [1.29, 1.82) is 0 Å². The lowest BCUT2D eigenvalue weighted by Gasteiger charge is -2.17. The molecule has 0 fully saturated rings. The van der Waals surface area contributed by atoms with Crippen molar-refractivity contribution in [2.45, 2.75) is 46.6 Å². The third-order valence-corrected chi connectivity index (χ3v) is 5.94. The number of aromatic nitrogens is 5. The summed E-state index contributed by atoms with van der Waals surface area (Å²) in [4.78, 5) is 31.3. The van der Waals surface area contributed by atoms with Gasteiger partial charge >= 0.3 is 0 Å². The Kier molecular flexibility index (Phi) is 6.61. The van der Waals surface area contributed by atoms with Crippen LogP contribution in [0.5, 0.6) is 5.75 Å². The molecule has 34 heavy (non-hydrogen) atoms. The Balaban J connectivity index is 1.68. The molecule has 0 spiro atoms. The van der Waals surface area contributed by atoms with Crippen LogP contribution in [0.1, 0.15) is 43.7 Å². The maximum atomic E-state index is 13.3. The van der Waals surface area contributed by atoms with Gasteiger partial charge in [0.15, 0.2) is 0 Å². The molecule has 0 bridgehead atoms. The van der Waals surface area contributed by atoms with Crippen LogP contribution in [-0.2, 0) is 12.0 Å². The quantitative estimate of drug-likeness (QED) is 0.353. The van der Waals surface area contributed by atoms with Gasteiger partial charge in [0, 0.05) is 35.3 Å². The van der Waals surface area contributed by atoms with Gasteiger partial charge in [-0.3, -0.25) is 19.3 Å². The Hall–Kier alpha value is -3.39. The SMILES string of the molecule is Cc1cccc(COc2cc(C)n(-c3ccnc(-c4ccnc(C(C)(C)C)n4)c3)c(=O)c2Br)n1. The summed E-state index contributed by atoms with van der Waals surface area (Å²) in [7, 11) is 0. The van der Waals surface area contributed by atoms with E-state index in [2.05, 4.69) is 56.6 Å². The molecule has 0 saturated carbocycles. The average molecular weight is 520 g/mol. The first kappa shape index (κ1) is 23.8. The van der Waals surface area contributed by atoms with Crippen molar-refractivity contribution in [3.05, 3.63) is 92.6 Å². The highest BCUT2D eigenvalue weighted by molar-refractivity contribution is 9.10. The summed E-state index contributed by atoms with van der Waals surface area (Å²) in [6.07, 6.45) is 3.41. The molecule has 0 N–H and O–H groups in total. The molecule has 0 atom stereocenters. The maximum absolute atomic E-state index is 13.3. The van der Waals surface area contributed by atoms with E-state index in [-0.39, 0.29) is 17.6 Å². The van der Waals surface area contributed by atoms with E-state index in [0.717, 1.165) is 22.9 Å². The van der Waals surface area contributed by atoms with Crippen LogP contribution in [0.3, 0.4) is 0 Å². The molecule has 0 amide bonds. The van der Waals surface area contributed by atoms with Crippen molar-refractivity contribution in [1.82, 2.24) is 24.5 Å². The van der Waals surface area contributed by atoms with Crippen LogP contribution in [0.2, 0.25) is 0 Å². The summed E-state index contributed by atoms with van der Waals surface area (Å²) < 4.78 is 7.89. The van der Waals surface area contributed by atoms with E-state index in [1.807, 2.05) is 50.2 Å². The highest BCUT2D eigenvalue weighted by atomic mass is 79.9. The molecule has 8 heteroatoms. The van der Waals surface area contributed by atoms with E-state index in [1.165, 1.54) is 0 Å². The Morgan fingerprint density at radius 2 is 1.74 bits per heavy atom. The summed E-state index contributed by atoms with van der Waals surface area (Å²) in [5.41, 5.74) is 4.10.